The molecule has 0 spiro atoms. The van der Waals surface area contributed by atoms with Gasteiger partial charge in [-0.1, -0.05) is 0 Å². The molecule has 15 heavy (non-hydrogen) atoms. The van der Waals surface area contributed by atoms with E-state index in [1.54, 1.807) is 0 Å². The second-order valence-corrected chi connectivity index (χ2v) is 2.76. The molecular formula is C8H9N3O4. The van der Waals surface area contributed by atoms with Crippen LogP contribution in [0.2, 0.25) is 0 Å². The average Bonchev–Trinajstić information content (AvgIpc) is 2.18. The van der Waals surface area contributed by atoms with E-state index in [4.69, 9.17) is 0 Å². The van der Waals surface area contributed by atoms with Gasteiger partial charge in [0.1, 0.15) is 24.8 Å². The smallest absolute Gasteiger partial charge is 0.305 e. The highest BCUT2D eigenvalue weighted by atomic mass is 16.6. The maximum atomic E-state index is 11.1. The van der Waals surface area contributed by atoms with Crippen LogP contribution in [0.1, 0.15) is 5.82 Å². The molecule has 0 saturated carbocycles. The molecule has 0 amide bonds. The molecule has 0 bridgehead atoms. The predicted octanol–water partition coefficient (Wildman–Crippen LogP) is 0.143. The van der Waals surface area contributed by atoms with Gasteiger partial charge in [-0.05, 0) is 0 Å². The van der Waals surface area contributed by atoms with Gasteiger partial charge < -0.3 is 4.74 Å². The Morgan fingerprint density at radius 3 is 2.60 bits per heavy atom. The Labute approximate surface area is 85.3 Å². The van der Waals surface area contributed by atoms with Gasteiger partial charge in [0.05, 0.1) is 11.3 Å². The molecule has 7 nitrogen and oxygen atoms in total. The van der Waals surface area contributed by atoms with E-state index in [1.165, 1.54) is 7.11 Å². The topological polar surface area (TPSA) is 95.2 Å². The molecule has 0 N–H and O–H groups in total. The molecule has 0 saturated heterocycles. The number of aromatic nitrogens is 2. The van der Waals surface area contributed by atoms with Crippen molar-refractivity contribution >= 4 is 11.5 Å². The Bertz CT molecular complexity index is 363. The van der Waals surface area contributed by atoms with E-state index in [0.29, 0.717) is 0 Å². The summed E-state index contributed by atoms with van der Waals surface area (Å²) < 4.78 is 4.62. The number of hydrogen-bond donors (Lipinski definition) is 0. The first-order valence-electron chi connectivity index (χ1n) is 4.09. The van der Waals surface area contributed by atoms with Gasteiger partial charge >= 0.3 is 5.69 Å². The molecule has 0 fully saturated rings. The largest absolute Gasteiger partial charge is 0.377 e. The fourth-order valence-electron chi connectivity index (χ4n) is 0.922. The minimum Gasteiger partial charge on any atom is -0.377 e. The minimum atomic E-state index is -0.596. The van der Waals surface area contributed by atoms with Crippen molar-refractivity contribution < 1.29 is 14.5 Å². The molecular weight excluding hydrogens is 202 g/mol. The zero-order chi connectivity index (χ0) is 11.3. The molecule has 80 valence electrons. The van der Waals surface area contributed by atoms with E-state index >= 15 is 0 Å². The van der Waals surface area contributed by atoms with Crippen molar-refractivity contribution in [3.05, 3.63) is 28.3 Å². The summed E-state index contributed by atoms with van der Waals surface area (Å²) >= 11 is 0. The van der Waals surface area contributed by atoms with E-state index in [0.717, 1.165) is 12.4 Å². The monoisotopic (exact) mass is 211 g/mol. The van der Waals surface area contributed by atoms with Crippen molar-refractivity contribution in [1.29, 1.82) is 0 Å². The maximum Gasteiger partial charge on any atom is 0.305 e. The summed E-state index contributed by atoms with van der Waals surface area (Å²) in [5.41, 5.74) is -0.196. The summed E-state index contributed by atoms with van der Waals surface area (Å²) in [7, 11) is 1.41. The first-order valence-corrected chi connectivity index (χ1v) is 4.09. The number of methoxy groups -OCH3 is 1. The van der Waals surface area contributed by atoms with Crippen LogP contribution >= 0.6 is 0 Å². The van der Waals surface area contributed by atoms with E-state index in [-0.39, 0.29) is 30.3 Å². The number of ether oxygens (including phenoxy) is 1. The van der Waals surface area contributed by atoms with Gasteiger partial charge in [0.25, 0.3) is 0 Å². The number of nitrogens with zero attached hydrogens (tertiary/aromatic N) is 3. The molecule has 1 heterocycles. The van der Waals surface area contributed by atoms with Crippen molar-refractivity contribution in [3.63, 3.8) is 0 Å². The number of hydrogen-bond acceptors (Lipinski definition) is 6. The molecule has 0 unspecified atom stereocenters. The van der Waals surface area contributed by atoms with Gasteiger partial charge in [-0.25, -0.2) is 9.97 Å². The zero-order valence-corrected chi connectivity index (χ0v) is 8.04. The van der Waals surface area contributed by atoms with Crippen LogP contribution in [0.15, 0.2) is 12.4 Å². The third-order valence-electron chi connectivity index (χ3n) is 1.56. The van der Waals surface area contributed by atoms with Crippen LogP contribution in [-0.2, 0) is 16.0 Å². The fourth-order valence-corrected chi connectivity index (χ4v) is 0.922. The number of nitro groups is 1. The molecule has 0 aliphatic rings. The predicted molar refractivity (Wildman–Crippen MR) is 49.3 cm³/mol. The van der Waals surface area contributed by atoms with Gasteiger partial charge in [0.15, 0.2) is 5.78 Å². The van der Waals surface area contributed by atoms with Gasteiger partial charge in [0.2, 0.25) is 0 Å². The molecule has 1 rings (SSSR count). The molecule has 7 heteroatoms. The standard InChI is InChI=1S/C8H9N3O4/c1-15-5-7(12)2-8-9-3-6(4-10-8)11(13)14/h3-4H,2,5H2,1H3. The van der Waals surface area contributed by atoms with Gasteiger partial charge in [-0.15, -0.1) is 0 Å². The van der Waals surface area contributed by atoms with Crippen LogP contribution in [0.5, 0.6) is 0 Å². The number of ketones is 1. The molecule has 0 atom stereocenters. The van der Waals surface area contributed by atoms with E-state index in [1.807, 2.05) is 0 Å². The number of rotatable bonds is 5. The Morgan fingerprint density at radius 1 is 1.53 bits per heavy atom. The lowest BCUT2D eigenvalue weighted by Crippen LogP contribution is -2.12. The lowest BCUT2D eigenvalue weighted by molar-refractivity contribution is -0.385. The second-order valence-electron chi connectivity index (χ2n) is 2.76. The van der Waals surface area contributed by atoms with Crippen molar-refractivity contribution in [1.82, 2.24) is 9.97 Å². The van der Waals surface area contributed by atoms with Crippen molar-refractivity contribution in [2.45, 2.75) is 6.42 Å². The number of Topliss-reactive ketones (excluding diaryl/α,β-unsaturated/α-hetero) is 1. The average molecular weight is 211 g/mol. The maximum absolute atomic E-state index is 11.1. The molecule has 0 aromatic carbocycles. The van der Waals surface area contributed by atoms with Crippen LogP contribution in [0.3, 0.4) is 0 Å². The Morgan fingerprint density at radius 2 is 2.13 bits per heavy atom. The van der Waals surface area contributed by atoms with Gasteiger partial charge in [-0.3, -0.25) is 14.9 Å². The van der Waals surface area contributed by atoms with Crippen molar-refractivity contribution in [3.8, 4) is 0 Å². The summed E-state index contributed by atoms with van der Waals surface area (Å²) in [6.45, 7) is -0.0135. The molecule has 0 aliphatic carbocycles. The van der Waals surface area contributed by atoms with Crippen LogP contribution < -0.4 is 0 Å². The number of carbonyl (C=O) groups excluding carboxylic acids is 1. The molecule has 1 aromatic rings. The Hall–Kier alpha value is -1.89. The van der Waals surface area contributed by atoms with E-state index in [9.17, 15) is 14.9 Å². The highest BCUT2D eigenvalue weighted by molar-refractivity contribution is 5.81. The first-order chi connectivity index (χ1) is 7.13. The van der Waals surface area contributed by atoms with Gasteiger partial charge in [-0.2, -0.15) is 0 Å². The van der Waals surface area contributed by atoms with E-state index < -0.39 is 4.92 Å². The lowest BCUT2D eigenvalue weighted by atomic mass is 10.3. The van der Waals surface area contributed by atoms with Crippen molar-refractivity contribution in [2.75, 3.05) is 13.7 Å². The van der Waals surface area contributed by atoms with Crippen molar-refractivity contribution in [2.24, 2.45) is 0 Å². The third-order valence-corrected chi connectivity index (χ3v) is 1.56. The van der Waals surface area contributed by atoms with Crippen LogP contribution in [0.25, 0.3) is 0 Å². The highest BCUT2D eigenvalue weighted by Crippen LogP contribution is 2.05. The summed E-state index contributed by atoms with van der Waals surface area (Å²) in [4.78, 5) is 28.2. The quantitative estimate of drug-likeness (QED) is 0.507. The minimum absolute atomic E-state index is 0.0135. The normalized spacial score (nSPS) is 9.93. The second kappa shape index (κ2) is 5.11. The summed E-state index contributed by atoms with van der Waals surface area (Å²) in [5, 5.41) is 10.3. The highest BCUT2D eigenvalue weighted by Gasteiger charge is 2.09. The molecule has 0 radical (unpaired) electrons. The third kappa shape index (κ3) is 3.39. The van der Waals surface area contributed by atoms with Gasteiger partial charge in [0, 0.05) is 7.11 Å². The SMILES string of the molecule is COCC(=O)Cc1ncc([N+](=O)[O-])cn1. The number of carbonyl (C=O) groups is 1. The molecule has 1 aromatic heterocycles. The lowest BCUT2D eigenvalue weighted by Gasteiger charge is -1.97. The fraction of sp³-hybridized carbons (Fsp3) is 0.375. The van der Waals surface area contributed by atoms with Crippen LogP contribution in [0, 0.1) is 10.1 Å². The summed E-state index contributed by atoms with van der Waals surface area (Å²) in [6.07, 6.45) is 2.16. The first kappa shape index (κ1) is 11.2. The Kier molecular flexibility index (Phi) is 3.81. The zero-order valence-electron chi connectivity index (χ0n) is 8.04. The summed E-state index contributed by atoms with van der Waals surface area (Å²) in [5.74, 6) is 0.0778. The summed E-state index contributed by atoms with van der Waals surface area (Å²) in [6, 6.07) is 0. The Balaban J connectivity index is 2.64. The van der Waals surface area contributed by atoms with E-state index in [2.05, 4.69) is 14.7 Å². The van der Waals surface area contributed by atoms with Crippen LogP contribution in [-0.4, -0.2) is 34.4 Å². The molecule has 0 aliphatic heterocycles. The van der Waals surface area contributed by atoms with Crippen LogP contribution in [0.4, 0.5) is 5.69 Å².